The van der Waals surface area contributed by atoms with Crippen LogP contribution in [-0.2, 0) is 13.0 Å². The van der Waals surface area contributed by atoms with Crippen molar-refractivity contribution in [2.75, 3.05) is 19.6 Å². The summed E-state index contributed by atoms with van der Waals surface area (Å²) < 4.78 is 2.08. The highest BCUT2D eigenvalue weighted by Gasteiger charge is 2.03. The van der Waals surface area contributed by atoms with Crippen LogP contribution in [0.2, 0.25) is 0 Å². The van der Waals surface area contributed by atoms with E-state index in [9.17, 15) is 0 Å². The maximum absolute atomic E-state index is 4.65. The summed E-state index contributed by atoms with van der Waals surface area (Å²) in [5.74, 6) is 0.882. The molecular formula is C19H27IN6. The van der Waals surface area contributed by atoms with Gasteiger partial charge in [0.25, 0.3) is 0 Å². The zero-order valence-electron chi connectivity index (χ0n) is 15.1. The predicted octanol–water partition coefficient (Wildman–Crippen LogP) is 3.17. The molecule has 0 aliphatic heterocycles. The Balaban J connectivity index is 0.00000243. The molecule has 3 N–H and O–H groups in total. The van der Waals surface area contributed by atoms with E-state index in [2.05, 4.69) is 67.5 Å². The second-order valence-electron chi connectivity index (χ2n) is 5.95. The van der Waals surface area contributed by atoms with Crippen molar-refractivity contribution < 1.29 is 0 Å². The highest BCUT2D eigenvalue weighted by Crippen LogP contribution is 2.17. The van der Waals surface area contributed by atoms with E-state index in [1.165, 1.54) is 16.5 Å². The Morgan fingerprint density at radius 1 is 1.27 bits per heavy atom. The number of nitrogens with zero attached hydrogens (tertiary/aromatic N) is 3. The number of aromatic nitrogens is 3. The van der Waals surface area contributed by atoms with Gasteiger partial charge in [0, 0.05) is 55.7 Å². The van der Waals surface area contributed by atoms with Gasteiger partial charge < -0.3 is 20.2 Å². The predicted molar refractivity (Wildman–Crippen MR) is 118 cm³/mol. The van der Waals surface area contributed by atoms with E-state index in [0.29, 0.717) is 0 Å². The topological polar surface area (TPSA) is 70.0 Å². The van der Waals surface area contributed by atoms with Gasteiger partial charge in [0.2, 0.25) is 0 Å². The van der Waals surface area contributed by atoms with Crippen LogP contribution >= 0.6 is 24.0 Å². The first kappa shape index (κ1) is 20.3. The third-order valence-electron chi connectivity index (χ3n) is 4.11. The molecule has 0 unspecified atom stereocenters. The number of aromatic amines is 1. The largest absolute Gasteiger partial charge is 0.361 e. The van der Waals surface area contributed by atoms with Crippen LogP contribution in [-0.4, -0.2) is 40.1 Å². The van der Waals surface area contributed by atoms with Crippen LogP contribution in [0, 0.1) is 0 Å². The molecule has 2 aromatic heterocycles. The van der Waals surface area contributed by atoms with Crippen molar-refractivity contribution in [1.29, 1.82) is 0 Å². The molecule has 1 aromatic carbocycles. The third-order valence-corrected chi connectivity index (χ3v) is 4.11. The first-order chi connectivity index (χ1) is 12.4. The maximum Gasteiger partial charge on any atom is 0.191 e. The van der Waals surface area contributed by atoms with E-state index in [1.807, 2.05) is 12.5 Å². The lowest BCUT2D eigenvalue weighted by atomic mass is 10.1. The molecule has 3 aromatic rings. The lowest BCUT2D eigenvalue weighted by molar-refractivity contribution is 0.647. The minimum atomic E-state index is 0. The quantitative estimate of drug-likeness (QED) is 0.207. The zero-order valence-corrected chi connectivity index (χ0v) is 17.4. The molecule has 0 amide bonds. The molecule has 0 bridgehead atoms. The van der Waals surface area contributed by atoms with Crippen LogP contribution in [0.25, 0.3) is 10.9 Å². The van der Waals surface area contributed by atoms with Crippen molar-refractivity contribution in [3.8, 4) is 0 Å². The van der Waals surface area contributed by atoms with Crippen LogP contribution in [0.1, 0.15) is 18.9 Å². The van der Waals surface area contributed by atoms with Gasteiger partial charge in [-0.1, -0.05) is 18.2 Å². The Morgan fingerprint density at radius 3 is 2.96 bits per heavy atom. The number of benzene rings is 1. The minimum absolute atomic E-state index is 0. The molecule has 3 rings (SSSR count). The Morgan fingerprint density at radius 2 is 2.15 bits per heavy atom. The number of aryl methyl sites for hydroxylation is 1. The van der Waals surface area contributed by atoms with Gasteiger partial charge in [-0.05, 0) is 31.4 Å². The summed E-state index contributed by atoms with van der Waals surface area (Å²) >= 11 is 0. The maximum atomic E-state index is 4.65. The third kappa shape index (κ3) is 5.76. The molecule has 0 radical (unpaired) electrons. The van der Waals surface area contributed by atoms with Crippen LogP contribution in [0.5, 0.6) is 0 Å². The molecule has 0 saturated heterocycles. The monoisotopic (exact) mass is 466 g/mol. The molecule has 26 heavy (non-hydrogen) atoms. The number of imidazole rings is 1. The molecular weight excluding hydrogens is 439 g/mol. The van der Waals surface area contributed by atoms with Crippen molar-refractivity contribution in [2.45, 2.75) is 26.3 Å². The Kier molecular flexibility index (Phi) is 8.46. The number of hydrogen-bond acceptors (Lipinski definition) is 2. The number of guanidine groups is 1. The number of nitrogens with one attached hydrogen (secondary N) is 3. The molecule has 0 spiro atoms. The molecule has 2 heterocycles. The van der Waals surface area contributed by atoms with Crippen molar-refractivity contribution >= 4 is 40.8 Å². The number of halogens is 1. The minimum Gasteiger partial charge on any atom is -0.361 e. The summed E-state index contributed by atoms with van der Waals surface area (Å²) in [5, 5.41) is 8.03. The second kappa shape index (κ2) is 10.8. The molecule has 0 atom stereocenters. The summed E-state index contributed by atoms with van der Waals surface area (Å²) in [6.45, 7) is 5.54. The van der Waals surface area contributed by atoms with Crippen LogP contribution in [0.3, 0.4) is 0 Å². The fourth-order valence-electron chi connectivity index (χ4n) is 2.86. The van der Waals surface area contributed by atoms with Crippen LogP contribution < -0.4 is 10.6 Å². The van der Waals surface area contributed by atoms with Crippen molar-refractivity contribution in [3.05, 3.63) is 54.7 Å². The number of aliphatic imine (C=N–C) groups is 1. The number of fused-ring (bicyclic) bond motifs is 1. The van der Waals surface area contributed by atoms with Gasteiger partial charge in [-0.15, -0.1) is 24.0 Å². The summed E-state index contributed by atoms with van der Waals surface area (Å²) in [6, 6.07) is 8.41. The summed E-state index contributed by atoms with van der Waals surface area (Å²) in [6.07, 6.45) is 9.68. The number of H-pyrrole nitrogens is 1. The van der Waals surface area contributed by atoms with Crippen LogP contribution in [0.4, 0.5) is 0 Å². The zero-order chi connectivity index (χ0) is 17.3. The van der Waals surface area contributed by atoms with Gasteiger partial charge in [-0.2, -0.15) is 0 Å². The average molecular weight is 466 g/mol. The van der Waals surface area contributed by atoms with Gasteiger partial charge in [0.15, 0.2) is 5.96 Å². The molecule has 0 saturated carbocycles. The average Bonchev–Trinajstić information content (AvgIpc) is 3.29. The van der Waals surface area contributed by atoms with Crippen molar-refractivity contribution in [2.24, 2.45) is 4.99 Å². The van der Waals surface area contributed by atoms with E-state index >= 15 is 0 Å². The number of hydrogen-bond donors (Lipinski definition) is 3. The Hall–Kier alpha value is -2.03. The van der Waals surface area contributed by atoms with E-state index < -0.39 is 0 Å². The van der Waals surface area contributed by atoms with E-state index in [0.717, 1.165) is 45.0 Å². The number of rotatable bonds is 8. The fourth-order valence-corrected chi connectivity index (χ4v) is 2.86. The molecule has 0 fully saturated rings. The summed E-state index contributed by atoms with van der Waals surface area (Å²) in [4.78, 5) is 12.0. The fraction of sp³-hybridized carbons (Fsp3) is 0.368. The van der Waals surface area contributed by atoms with Gasteiger partial charge >= 0.3 is 0 Å². The van der Waals surface area contributed by atoms with Gasteiger partial charge in [0.05, 0.1) is 6.33 Å². The van der Waals surface area contributed by atoms with Crippen molar-refractivity contribution in [1.82, 2.24) is 25.2 Å². The van der Waals surface area contributed by atoms with E-state index in [-0.39, 0.29) is 24.0 Å². The standard InChI is InChI=1S/C19H26N6.HI/c1-2-21-19(22-9-5-12-25-13-11-20-15-25)23-10-8-16-14-24-18-7-4-3-6-17(16)18;/h3-4,6-7,11,13-15,24H,2,5,8-10,12H2,1H3,(H2,21,22,23);1H. The molecule has 140 valence electrons. The highest BCUT2D eigenvalue weighted by molar-refractivity contribution is 14.0. The van der Waals surface area contributed by atoms with Crippen LogP contribution in [0.15, 0.2) is 54.2 Å². The lowest BCUT2D eigenvalue weighted by Gasteiger charge is -2.11. The molecule has 0 aliphatic carbocycles. The van der Waals surface area contributed by atoms with Crippen molar-refractivity contribution in [3.63, 3.8) is 0 Å². The smallest absolute Gasteiger partial charge is 0.191 e. The normalized spacial score (nSPS) is 11.3. The van der Waals surface area contributed by atoms with Gasteiger partial charge in [0.1, 0.15) is 0 Å². The number of para-hydroxylation sites is 1. The summed E-state index contributed by atoms with van der Waals surface area (Å²) in [5.41, 5.74) is 2.52. The lowest BCUT2D eigenvalue weighted by Crippen LogP contribution is -2.38. The molecule has 6 nitrogen and oxygen atoms in total. The first-order valence-corrected chi connectivity index (χ1v) is 8.89. The van der Waals surface area contributed by atoms with Gasteiger partial charge in [-0.3, -0.25) is 4.99 Å². The van der Waals surface area contributed by atoms with E-state index in [1.54, 1.807) is 6.20 Å². The summed E-state index contributed by atoms with van der Waals surface area (Å²) in [7, 11) is 0. The van der Waals surface area contributed by atoms with E-state index in [4.69, 9.17) is 0 Å². The molecule has 0 aliphatic rings. The highest BCUT2D eigenvalue weighted by atomic mass is 127. The Bertz CT molecular complexity index is 793. The SMILES string of the molecule is CCNC(=NCCCn1ccnc1)NCCc1c[nH]c2ccccc12.I. The Labute approximate surface area is 171 Å². The second-order valence-corrected chi connectivity index (χ2v) is 5.95. The first-order valence-electron chi connectivity index (χ1n) is 8.89. The van der Waals surface area contributed by atoms with Gasteiger partial charge in [-0.25, -0.2) is 4.98 Å². The molecule has 7 heteroatoms.